The fourth-order valence-corrected chi connectivity index (χ4v) is 2.43. The van der Waals surface area contributed by atoms with Gasteiger partial charge >= 0.3 is 0 Å². The summed E-state index contributed by atoms with van der Waals surface area (Å²) in [4.78, 5) is 14.4. The van der Waals surface area contributed by atoms with Crippen molar-refractivity contribution in [2.45, 2.75) is 13.3 Å². The second kappa shape index (κ2) is 6.80. The van der Waals surface area contributed by atoms with E-state index in [9.17, 15) is 9.90 Å². The molecule has 1 amide bonds. The van der Waals surface area contributed by atoms with Gasteiger partial charge in [0.15, 0.2) is 0 Å². The summed E-state index contributed by atoms with van der Waals surface area (Å²) in [6.07, 6.45) is 0.816. The number of carbonyl (C=O) groups is 1. The zero-order valence-corrected chi connectivity index (χ0v) is 13.9. The van der Waals surface area contributed by atoms with Crippen molar-refractivity contribution in [1.82, 2.24) is 0 Å². The number of hydrogen-bond donors (Lipinski definition) is 2. The molecule has 0 unspecified atom stereocenters. The van der Waals surface area contributed by atoms with E-state index in [1.54, 1.807) is 23.1 Å². The Labute approximate surface area is 137 Å². The predicted molar refractivity (Wildman–Crippen MR) is 93.6 cm³/mol. The van der Waals surface area contributed by atoms with Crippen LogP contribution < -0.4 is 10.6 Å². The van der Waals surface area contributed by atoms with Crippen LogP contribution in [0.1, 0.15) is 23.7 Å². The molecule has 0 aliphatic rings. The molecule has 2 rings (SSSR count). The first-order valence-corrected chi connectivity index (χ1v) is 7.77. The van der Waals surface area contributed by atoms with Crippen molar-refractivity contribution in [3.05, 3.63) is 51.6 Å². The molecule has 0 heterocycles. The molecular weight excluding hydrogens is 379 g/mol. The Hall–Kier alpha value is -1.76. The van der Waals surface area contributed by atoms with E-state index in [4.69, 9.17) is 5.73 Å². The summed E-state index contributed by atoms with van der Waals surface area (Å²) in [5.41, 5.74) is 7.69. The summed E-state index contributed by atoms with van der Waals surface area (Å²) in [5, 5.41) is 9.78. The molecular formula is C16H17IN2O2. The number of halogens is 1. The smallest absolute Gasteiger partial charge is 0.258 e. The van der Waals surface area contributed by atoms with Crippen molar-refractivity contribution in [2.75, 3.05) is 17.2 Å². The molecule has 110 valence electrons. The van der Waals surface area contributed by atoms with Gasteiger partial charge in [0.1, 0.15) is 5.75 Å². The highest BCUT2D eigenvalue weighted by Gasteiger charge is 2.19. The molecule has 0 saturated heterocycles. The molecule has 4 nitrogen and oxygen atoms in total. The number of hydrogen-bond acceptors (Lipinski definition) is 3. The van der Waals surface area contributed by atoms with E-state index in [0.717, 1.165) is 6.42 Å². The number of phenolic OH excluding ortho intramolecular Hbond substituents is 1. The first-order chi connectivity index (χ1) is 10.0. The molecule has 0 spiro atoms. The van der Waals surface area contributed by atoms with Crippen molar-refractivity contribution in [1.29, 1.82) is 0 Å². The molecule has 0 aliphatic heterocycles. The number of nitrogens with two attached hydrogens (primary N) is 1. The number of para-hydroxylation sites is 2. The van der Waals surface area contributed by atoms with Crippen molar-refractivity contribution >= 4 is 39.9 Å². The second-order valence-electron chi connectivity index (χ2n) is 4.68. The number of phenols is 1. The molecule has 2 aromatic carbocycles. The summed E-state index contributed by atoms with van der Waals surface area (Å²) < 4.78 is 0.713. The number of nitrogen functional groups attached to an aromatic ring is 1. The molecule has 2 aromatic rings. The van der Waals surface area contributed by atoms with Crippen LogP contribution in [0.15, 0.2) is 42.5 Å². The summed E-state index contributed by atoms with van der Waals surface area (Å²) in [5.74, 6) is -0.0552. The van der Waals surface area contributed by atoms with Gasteiger partial charge < -0.3 is 15.7 Å². The highest BCUT2D eigenvalue weighted by Crippen LogP contribution is 2.26. The lowest BCUT2D eigenvalue weighted by Gasteiger charge is -2.24. The summed E-state index contributed by atoms with van der Waals surface area (Å²) in [7, 11) is 0. The van der Waals surface area contributed by atoms with E-state index in [0.29, 0.717) is 27.1 Å². The topological polar surface area (TPSA) is 66.6 Å². The van der Waals surface area contributed by atoms with Crippen LogP contribution in [0.3, 0.4) is 0 Å². The number of amides is 1. The van der Waals surface area contributed by atoms with Gasteiger partial charge in [0.25, 0.3) is 5.91 Å². The van der Waals surface area contributed by atoms with Gasteiger partial charge in [-0.2, -0.15) is 0 Å². The van der Waals surface area contributed by atoms with Crippen molar-refractivity contribution in [3.8, 4) is 5.75 Å². The Morgan fingerprint density at radius 2 is 2.00 bits per heavy atom. The fraction of sp³-hybridized carbons (Fsp3) is 0.188. The van der Waals surface area contributed by atoms with Crippen LogP contribution in [0, 0.1) is 3.57 Å². The molecule has 21 heavy (non-hydrogen) atoms. The maximum Gasteiger partial charge on any atom is 0.258 e. The number of nitrogens with zero attached hydrogens (tertiary/aromatic N) is 1. The van der Waals surface area contributed by atoms with E-state index < -0.39 is 0 Å². The van der Waals surface area contributed by atoms with E-state index in [2.05, 4.69) is 0 Å². The van der Waals surface area contributed by atoms with Gasteiger partial charge in [-0.25, -0.2) is 0 Å². The van der Waals surface area contributed by atoms with E-state index in [1.165, 1.54) is 6.07 Å². The van der Waals surface area contributed by atoms with Crippen LogP contribution in [0.4, 0.5) is 11.4 Å². The molecule has 0 fully saturated rings. The van der Waals surface area contributed by atoms with Gasteiger partial charge in [-0.15, -0.1) is 0 Å². The van der Waals surface area contributed by atoms with Crippen LogP contribution >= 0.6 is 22.6 Å². The number of carbonyl (C=O) groups excluding carboxylic acids is 1. The number of benzene rings is 2. The summed E-state index contributed by atoms with van der Waals surface area (Å²) in [6.45, 7) is 2.57. The van der Waals surface area contributed by atoms with Crippen LogP contribution in [-0.4, -0.2) is 17.6 Å². The van der Waals surface area contributed by atoms with Crippen molar-refractivity contribution in [3.63, 3.8) is 0 Å². The highest BCUT2D eigenvalue weighted by molar-refractivity contribution is 14.1. The number of anilines is 2. The van der Waals surface area contributed by atoms with E-state index in [-0.39, 0.29) is 11.7 Å². The van der Waals surface area contributed by atoms with Gasteiger partial charge in [-0.3, -0.25) is 4.79 Å². The Bertz CT molecular complexity index is 658. The minimum Gasteiger partial charge on any atom is -0.507 e. The fourth-order valence-electron chi connectivity index (χ4n) is 2.09. The third-order valence-corrected chi connectivity index (χ3v) is 4.03. The molecule has 5 heteroatoms. The second-order valence-corrected chi connectivity index (χ2v) is 5.84. The Morgan fingerprint density at radius 3 is 2.62 bits per heavy atom. The summed E-state index contributed by atoms with van der Waals surface area (Å²) in [6, 6.07) is 12.2. The van der Waals surface area contributed by atoms with E-state index >= 15 is 0 Å². The first-order valence-electron chi connectivity index (χ1n) is 6.69. The molecule has 0 atom stereocenters. The first kappa shape index (κ1) is 15.6. The Morgan fingerprint density at radius 1 is 1.29 bits per heavy atom. The van der Waals surface area contributed by atoms with Gasteiger partial charge in [0.2, 0.25) is 0 Å². The lowest BCUT2D eigenvalue weighted by Crippen LogP contribution is -2.32. The molecule has 0 aromatic heterocycles. The molecule has 0 saturated carbocycles. The Kier molecular flexibility index (Phi) is 5.06. The van der Waals surface area contributed by atoms with Gasteiger partial charge in [-0.1, -0.05) is 19.1 Å². The molecule has 3 N–H and O–H groups in total. The lowest BCUT2D eigenvalue weighted by molar-refractivity contribution is 0.0986. The van der Waals surface area contributed by atoms with Gasteiger partial charge in [-0.05, 0) is 59.3 Å². The zero-order valence-electron chi connectivity index (χ0n) is 11.7. The maximum absolute atomic E-state index is 12.7. The van der Waals surface area contributed by atoms with Crippen molar-refractivity contribution in [2.24, 2.45) is 0 Å². The quantitative estimate of drug-likeness (QED) is 0.613. The molecule has 0 bridgehead atoms. The van der Waals surface area contributed by atoms with Crippen LogP contribution in [-0.2, 0) is 0 Å². The molecule has 0 radical (unpaired) electrons. The number of rotatable bonds is 4. The molecule has 0 aliphatic carbocycles. The minimum atomic E-state index is -0.165. The SMILES string of the molecule is CCCN(C(=O)c1ccc(I)c(O)c1)c1ccccc1N. The third-order valence-electron chi connectivity index (χ3n) is 3.11. The largest absolute Gasteiger partial charge is 0.507 e. The monoisotopic (exact) mass is 396 g/mol. The lowest BCUT2D eigenvalue weighted by atomic mass is 10.1. The van der Waals surface area contributed by atoms with Crippen molar-refractivity contribution < 1.29 is 9.90 Å². The highest BCUT2D eigenvalue weighted by atomic mass is 127. The maximum atomic E-state index is 12.7. The minimum absolute atomic E-state index is 0.110. The third kappa shape index (κ3) is 3.47. The Balaban J connectivity index is 2.40. The van der Waals surface area contributed by atoms with Crippen LogP contribution in [0.2, 0.25) is 0 Å². The average Bonchev–Trinajstić information content (AvgIpc) is 2.48. The van der Waals surface area contributed by atoms with E-state index in [1.807, 2.05) is 47.7 Å². The average molecular weight is 396 g/mol. The standard InChI is InChI=1S/C16H17IN2O2/c1-2-9-19(14-6-4-3-5-13(14)18)16(21)11-7-8-12(17)15(20)10-11/h3-8,10,20H,2,9,18H2,1H3. The van der Waals surface area contributed by atoms with Gasteiger partial charge in [0.05, 0.1) is 14.9 Å². The predicted octanol–water partition coefficient (Wildman–Crippen LogP) is 3.64. The van der Waals surface area contributed by atoms with Gasteiger partial charge in [0, 0.05) is 12.1 Å². The number of aromatic hydroxyl groups is 1. The zero-order chi connectivity index (χ0) is 15.4. The van der Waals surface area contributed by atoms with Crippen LogP contribution in [0.25, 0.3) is 0 Å². The summed E-state index contributed by atoms with van der Waals surface area (Å²) >= 11 is 2.02. The normalized spacial score (nSPS) is 10.4. The van der Waals surface area contributed by atoms with Crippen LogP contribution in [0.5, 0.6) is 5.75 Å².